The Hall–Kier alpha value is -5.77. The average Bonchev–Trinajstić information content (AvgIpc) is 3.70. The van der Waals surface area contributed by atoms with Gasteiger partial charge in [-0.3, -0.25) is 4.57 Å². The van der Waals surface area contributed by atoms with Gasteiger partial charge in [0.1, 0.15) is 5.82 Å². The Balaban J connectivity index is 1.18. The molecule has 0 atom stereocenters. The van der Waals surface area contributed by atoms with Gasteiger partial charge in [0.2, 0.25) is 0 Å². The number of hydrogen-bond donors (Lipinski definition) is 0. The summed E-state index contributed by atoms with van der Waals surface area (Å²) in [5.41, 5.74) is 8.35. The van der Waals surface area contributed by atoms with Crippen LogP contribution in [0.15, 0.2) is 152 Å². The summed E-state index contributed by atoms with van der Waals surface area (Å²) in [6, 6.07) is 55.8. The minimum atomic E-state index is 0.872. The van der Waals surface area contributed by atoms with Gasteiger partial charge in [0.15, 0.2) is 0 Å². The summed E-state index contributed by atoms with van der Waals surface area (Å²) in [5.74, 6) is 1.08. The van der Waals surface area contributed by atoms with Crippen LogP contribution in [0.2, 0.25) is 0 Å². The van der Waals surface area contributed by atoms with Crippen molar-refractivity contribution in [2.45, 2.75) is 13.3 Å². The smallest absolute Gasteiger partial charge is 0.114 e. The van der Waals surface area contributed by atoms with Crippen molar-refractivity contribution >= 4 is 74.9 Å². The fourth-order valence-electron chi connectivity index (χ4n) is 7.75. The molecule has 0 saturated carbocycles. The van der Waals surface area contributed by atoms with E-state index in [1.54, 1.807) is 0 Å². The molecule has 0 aliphatic heterocycles. The molecule has 10 rings (SSSR count). The van der Waals surface area contributed by atoms with Crippen LogP contribution in [0.1, 0.15) is 12.7 Å². The van der Waals surface area contributed by atoms with Crippen molar-refractivity contribution in [2.24, 2.45) is 0 Å². The van der Waals surface area contributed by atoms with Crippen LogP contribution in [0.4, 0.5) is 0 Å². The molecule has 2 heterocycles. The van der Waals surface area contributed by atoms with Crippen LogP contribution >= 0.6 is 11.3 Å². The third kappa shape index (κ3) is 4.08. The molecule has 0 aliphatic rings. The minimum Gasteiger partial charge on any atom is -0.296 e. The molecule has 0 spiro atoms. The predicted molar refractivity (Wildman–Crippen MR) is 207 cm³/mol. The average molecular weight is 631 g/mol. The second-order valence-electron chi connectivity index (χ2n) is 12.6. The summed E-state index contributed by atoms with van der Waals surface area (Å²) >= 11 is 1.88. The van der Waals surface area contributed by atoms with E-state index in [4.69, 9.17) is 4.98 Å². The quantitative estimate of drug-likeness (QED) is 0.177. The van der Waals surface area contributed by atoms with Gasteiger partial charge in [-0.05, 0) is 103 Å². The van der Waals surface area contributed by atoms with Gasteiger partial charge < -0.3 is 0 Å². The maximum Gasteiger partial charge on any atom is 0.114 e. The molecule has 2 aromatic heterocycles. The molecule has 0 fully saturated rings. The number of fused-ring (bicyclic) bond motifs is 7. The van der Waals surface area contributed by atoms with Gasteiger partial charge in [-0.25, -0.2) is 4.98 Å². The molecule has 10 aromatic rings. The van der Waals surface area contributed by atoms with E-state index in [9.17, 15) is 0 Å². The third-order valence-electron chi connectivity index (χ3n) is 9.92. The highest BCUT2D eigenvalue weighted by atomic mass is 32.1. The summed E-state index contributed by atoms with van der Waals surface area (Å²) in [4.78, 5) is 4.92. The maximum absolute atomic E-state index is 4.92. The van der Waals surface area contributed by atoms with Crippen molar-refractivity contribution in [3.05, 3.63) is 157 Å². The number of imidazole rings is 1. The first-order valence-corrected chi connectivity index (χ1v) is 17.4. The van der Waals surface area contributed by atoms with Gasteiger partial charge in [-0.1, -0.05) is 110 Å². The van der Waals surface area contributed by atoms with Crippen molar-refractivity contribution in [1.29, 1.82) is 0 Å². The Morgan fingerprint density at radius 2 is 1.06 bits per heavy atom. The van der Waals surface area contributed by atoms with Crippen LogP contribution in [0.25, 0.3) is 91.5 Å². The largest absolute Gasteiger partial charge is 0.296 e. The molecule has 0 amide bonds. The predicted octanol–water partition coefficient (Wildman–Crippen LogP) is 12.7. The van der Waals surface area contributed by atoms with E-state index in [1.165, 1.54) is 74.7 Å². The highest BCUT2D eigenvalue weighted by molar-refractivity contribution is 7.25. The molecule has 0 bridgehead atoms. The van der Waals surface area contributed by atoms with E-state index in [0.717, 1.165) is 29.0 Å². The molecule has 48 heavy (non-hydrogen) atoms. The van der Waals surface area contributed by atoms with Crippen LogP contribution in [0.5, 0.6) is 0 Å². The van der Waals surface area contributed by atoms with Crippen molar-refractivity contribution < 1.29 is 0 Å². The summed E-state index contributed by atoms with van der Waals surface area (Å²) in [5, 5.41) is 10.3. The number of benzene rings is 8. The first-order valence-electron chi connectivity index (χ1n) is 16.6. The monoisotopic (exact) mass is 630 g/mol. The Bertz CT molecular complexity index is 2820. The topological polar surface area (TPSA) is 17.8 Å². The number of rotatable bonds is 4. The van der Waals surface area contributed by atoms with E-state index in [0.29, 0.717) is 0 Å². The van der Waals surface area contributed by atoms with Crippen LogP contribution < -0.4 is 0 Å². The van der Waals surface area contributed by atoms with E-state index in [1.807, 2.05) is 11.3 Å². The fourth-order valence-corrected chi connectivity index (χ4v) is 8.86. The highest BCUT2D eigenvalue weighted by Gasteiger charge is 2.18. The fraction of sp³-hybridized carbons (Fsp3) is 0.0444. The Morgan fingerprint density at radius 3 is 1.75 bits per heavy atom. The van der Waals surface area contributed by atoms with Crippen molar-refractivity contribution in [3.63, 3.8) is 0 Å². The van der Waals surface area contributed by atoms with Gasteiger partial charge >= 0.3 is 0 Å². The molecule has 0 aliphatic carbocycles. The summed E-state index contributed by atoms with van der Waals surface area (Å²) in [7, 11) is 0. The lowest BCUT2D eigenvalue weighted by atomic mass is 9.85. The molecule has 3 heteroatoms. The number of aryl methyl sites for hydroxylation is 1. The molecule has 0 radical (unpaired) electrons. The van der Waals surface area contributed by atoms with Gasteiger partial charge in [-0.2, -0.15) is 0 Å². The van der Waals surface area contributed by atoms with E-state index >= 15 is 0 Å². The summed E-state index contributed by atoms with van der Waals surface area (Å²) in [6.07, 6.45) is 0.872. The van der Waals surface area contributed by atoms with Crippen molar-refractivity contribution in [3.8, 4) is 27.9 Å². The Kier molecular flexibility index (Phi) is 6.06. The molecule has 0 saturated heterocycles. The zero-order chi connectivity index (χ0) is 31.8. The highest BCUT2D eigenvalue weighted by Crippen LogP contribution is 2.45. The van der Waals surface area contributed by atoms with E-state index < -0.39 is 0 Å². The zero-order valence-electron chi connectivity index (χ0n) is 26.4. The molecule has 2 nitrogen and oxygen atoms in total. The standard InChI is InChI=1S/C45H30N2S/c1-2-43-46-39-17-9-10-18-40(39)47(43)32-22-19-28(20-23-32)44-33-13-5-7-15-35(33)45(36-16-8-6-14-34(36)44)31-21-24-41-37(26-31)38-25-29-11-3-4-12-30(29)27-42(38)48-41/h3-27H,2H2,1H3. The van der Waals surface area contributed by atoms with E-state index in [-0.39, 0.29) is 0 Å². The van der Waals surface area contributed by atoms with E-state index in [2.05, 4.69) is 163 Å². The lowest BCUT2D eigenvalue weighted by Crippen LogP contribution is -2.00. The molecular weight excluding hydrogens is 601 g/mol. The lowest BCUT2D eigenvalue weighted by Gasteiger charge is -2.18. The summed E-state index contributed by atoms with van der Waals surface area (Å²) < 4.78 is 4.96. The third-order valence-corrected chi connectivity index (χ3v) is 11.1. The maximum atomic E-state index is 4.92. The minimum absolute atomic E-state index is 0.872. The van der Waals surface area contributed by atoms with Crippen LogP contribution in [0.3, 0.4) is 0 Å². The van der Waals surface area contributed by atoms with Crippen LogP contribution in [-0.2, 0) is 6.42 Å². The normalized spacial score (nSPS) is 11.9. The molecule has 0 N–H and O–H groups in total. The van der Waals surface area contributed by atoms with Crippen LogP contribution in [-0.4, -0.2) is 9.55 Å². The van der Waals surface area contributed by atoms with Crippen LogP contribution in [0, 0.1) is 0 Å². The first kappa shape index (κ1) is 27.4. The first-order chi connectivity index (χ1) is 23.7. The zero-order valence-corrected chi connectivity index (χ0v) is 27.3. The number of aromatic nitrogens is 2. The Morgan fingerprint density at radius 1 is 0.500 bits per heavy atom. The summed E-state index contributed by atoms with van der Waals surface area (Å²) in [6.45, 7) is 2.17. The number of thiophene rings is 1. The van der Waals surface area contributed by atoms with Crippen molar-refractivity contribution in [1.82, 2.24) is 9.55 Å². The molecule has 226 valence electrons. The second kappa shape index (κ2) is 10.6. The number of nitrogens with zero attached hydrogens (tertiary/aromatic N) is 2. The molecule has 0 unspecified atom stereocenters. The van der Waals surface area contributed by atoms with Gasteiger partial charge in [0, 0.05) is 32.3 Å². The Labute approximate surface area is 282 Å². The number of hydrogen-bond acceptors (Lipinski definition) is 2. The number of para-hydroxylation sites is 2. The lowest BCUT2D eigenvalue weighted by molar-refractivity contribution is 0.908. The van der Waals surface area contributed by atoms with Crippen molar-refractivity contribution in [2.75, 3.05) is 0 Å². The SMILES string of the molecule is CCc1nc2ccccc2n1-c1ccc(-c2c3ccccc3c(-c3ccc4sc5cc6ccccc6cc5c4c3)c3ccccc23)cc1. The van der Waals surface area contributed by atoms with Gasteiger partial charge in [0.25, 0.3) is 0 Å². The molecule has 8 aromatic carbocycles. The molecular formula is C45H30N2S. The second-order valence-corrected chi connectivity index (χ2v) is 13.7. The van der Waals surface area contributed by atoms with Gasteiger partial charge in [0.05, 0.1) is 11.0 Å². The van der Waals surface area contributed by atoms with Gasteiger partial charge in [-0.15, -0.1) is 11.3 Å².